The summed E-state index contributed by atoms with van der Waals surface area (Å²) in [6.07, 6.45) is 2.02. The Bertz CT molecular complexity index is 584. The molecule has 0 atom stereocenters. The Morgan fingerprint density at radius 2 is 1.95 bits per heavy atom. The van der Waals surface area contributed by atoms with Crippen LogP contribution in [0.4, 0.5) is 0 Å². The SMILES string of the molecule is CCNCc1c(CC)nn(Cc2cccc(C)c2)c1CC. The van der Waals surface area contributed by atoms with Crippen molar-refractivity contribution in [1.82, 2.24) is 15.1 Å². The molecule has 1 aromatic carbocycles. The molecule has 0 saturated heterocycles. The normalized spacial score (nSPS) is 11.0. The van der Waals surface area contributed by atoms with Crippen LogP contribution in [0.3, 0.4) is 0 Å². The topological polar surface area (TPSA) is 29.9 Å². The molecule has 1 aromatic heterocycles. The zero-order valence-electron chi connectivity index (χ0n) is 13.7. The van der Waals surface area contributed by atoms with Crippen LogP contribution in [0, 0.1) is 6.92 Å². The molecule has 0 aliphatic carbocycles. The standard InChI is InChI=1S/C18H27N3/c1-5-17-16(12-19-7-3)18(6-2)21(20-17)13-15-10-8-9-14(4)11-15/h8-11,19H,5-7,12-13H2,1-4H3. The fourth-order valence-electron chi connectivity index (χ4n) is 2.84. The number of rotatable bonds is 7. The van der Waals surface area contributed by atoms with E-state index in [0.29, 0.717) is 0 Å². The molecule has 0 fully saturated rings. The molecular formula is C18H27N3. The van der Waals surface area contributed by atoms with E-state index < -0.39 is 0 Å². The van der Waals surface area contributed by atoms with Crippen LogP contribution in [0.25, 0.3) is 0 Å². The second kappa shape index (κ2) is 7.41. The minimum absolute atomic E-state index is 0.865. The summed E-state index contributed by atoms with van der Waals surface area (Å²) < 4.78 is 2.19. The molecule has 1 N–H and O–H groups in total. The van der Waals surface area contributed by atoms with E-state index in [1.54, 1.807) is 0 Å². The van der Waals surface area contributed by atoms with Crippen LogP contribution >= 0.6 is 0 Å². The third kappa shape index (κ3) is 3.73. The van der Waals surface area contributed by atoms with Gasteiger partial charge in [0.25, 0.3) is 0 Å². The van der Waals surface area contributed by atoms with Gasteiger partial charge in [0.05, 0.1) is 12.2 Å². The highest BCUT2D eigenvalue weighted by Gasteiger charge is 2.15. The quantitative estimate of drug-likeness (QED) is 0.844. The van der Waals surface area contributed by atoms with Crippen molar-refractivity contribution < 1.29 is 0 Å². The Hall–Kier alpha value is -1.61. The molecule has 2 rings (SSSR count). The summed E-state index contributed by atoms with van der Waals surface area (Å²) in [5.41, 5.74) is 6.63. The van der Waals surface area contributed by atoms with Crippen molar-refractivity contribution in [2.45, 2.75) is 53.6 Å². The Labute approximate surface area is 128 Å². The van der Waals surface area contributed by atoms with Gasteiger partial charge < -0.3 is 5.32 Å². The Morgan fingerprint density at radius 1 is 1.14 bits per heavy atom. The Kier molecular flexibility index (Phi) is 5.57. The van der Waals surface area contributed by atoms with Gasteiger partial charge in [-0.2, -0.15) is 5.10 Å². The molecule has 0 unspecified atom stereocenters. The van der Waals surface area contributed by atoms with Gasteiger partial charge in [-0.05, 0) is 31.9 Å². The van der Waals surface area contributed by atoms with Crippen molar-refractivity contribution in [2.24, 2.45) is 0 Å². The lowest BCUT2D eigenvalue weighted by atomic mass is 10.1. The molecule has 0 aliphatic heterocycles. The zero-order valence-corrected chi connectivity index (χ0v) is 13.7. The Balaban J connectivity index is 2.32. The van der Waals surface area contributed by atoms with Gasteiger partial charge in [-0.3, -0.25) is 4.68 Å². The molecule has 21 heavy (non-hydrogen) atoms. The second-order valence-corrected chi connectivity index (χ2v) is 5.51. The third-order valence-electron chi connectivity index (χ3n) is 3.89. The summed E-state index contributed by atoms with van der Waals surface area (Å²) in [4.78, 5) is 0. The summed E-state index contributed by atoms with van der Waals surface area (Å²) in [7, 11) is 0. The number of aryl methyl sites for hydroxylation is 2. The summed E-state index contributed by atoms with van der Waals surface area (Å²) in [5, 5.41) is 8.30. The molecule has 3 nitrogen and oxygen atoms in total. The monoisotopic (exact) mass is 285 g/mol. The number of hydrogen-bond donors (Lipinski definition) is 1. The average Bonchev–Trinajstić information content (AvgIpc) is 2.81. The van der Waals surface area contributed by atoms with Crippen LogP contribution in [0.2, 0.25) is 0 Å². The van der Waals surface area contributed by atoms with Gasteiger partial charge >= 0.3 is 0 Å². The molecule has 0 saturated carbocycles. The predicted molar refractivity (Wildman–Crippen MR) is 88.6 cm³/mol. The number of aromatic nitrogens is 2. The number of nitrogens with zero attached hydrogens (tertiary/aromatic N) is 2. The van der Waals surface area contributed by atoms with Crippen LogP contribution in [0.5, 0.6) is 0 Å². The van der Waals surface area contributed by atoms with Gasteiger partial charge in [-0.15, -0.1) is 0 Å². The van der Waals surface area contributed by atoms with Gasteiger partial charge in [-0.1, -0.05) is 50.6 Å². The molecular weight excluding hydrogens is 258 g/mol. The van der Waals surface area contributed by atoms with E-state index in [2.05, 4.69) is 62.0 Å². The molecule has 0 spiro atoms. The first-order valence-corrected chi connectivity index (χ1v) is 8.03. The first kappa shape index (κ1) is 15.8. The lowest BCUT2D eigenvalue weighted by molar-refractivity contribution is 0.636. The molecule has 3 heteroatoms. The lowest BCUT2D eigenvalue weighted by Crippen LogP contribution is -2.14. The Morgan fingerprint density at radius 3 is 2.57 bits per heavy atom. The molecule has 0 radical (unpaired) electrons. The smallest absolute Gasteiger partial charge is 0.0669 e. The lowest BCUT2D eigenvalue weighted by Gasteiger charge is -2.09. The van der Waals surface area contributed by atoms with Crippen LogP contribution in [-0.2, 0) is 25.9 Å². The van der Waals surface area contributed by atoms with Crippen molar-refractivity contribution in [2.75, 3.05) is 6.54 Å². The van der Waals surface area contributed by atoms with Crippen molar-refractivity contribution >= 4 is 0 Å². The molecule has 0 aliphatic rings. The van der Waals surface area contributed by atoms with Crippen molar-refractivity contribution in [3.63, 3.8) is 0 Å². The molecule has 1 heterocycles. The van der Waals surface area contributed by atoms with Crippen LogP contribution in [0.1, 0.15) is 48.8 Å². The van der Waals surface area contributed by atoms with Crippen LogP contribution in [0.15, 0.2) is 24.3 Å². The maximum absolute atomic E-state index is 4.85. The number of nitrogens with one attached hydrogen (secondary N) is 1. The first-order valence-electron chi connectivity index (χ1n) is 8.03. The highest BCUT2D eigenvalue weighted by molar-refractivity contribution is 5.29. The second-order valence-electron chi connectivity index (χ2n) is 5.51. The molecule has 2 aromatic rings. The third-order valence-corrected chi connectivity index (χ3v) is 3.89. The van der Waals surface area contributed by atoms with E-state index in [9.17, 15) is 0 Å². The molecule has 114 valence electrons. The van der Waals surface area contributed by atoms with Gasteiger partial charge in [0.15, 0.2) is 0 Å². The largest absolute Gasteiger partial charge is 0.313 e. The van der Waals surface area contributed by atoms with E-state index in [-0.39, 0.29) is 0 Å². The fraction of sp³-hybridized carbons (Fsp3) is 0.500. The predicted octanol–water partition coefficient (Wildman–Crippen LogP) is 3.47. The zero-order chi connectivity index (χ0) is 15.2. The first-order chi connectivity index (χ1) is 10.2. The highest BCUT2D eigenvalue weighted by atomic mass is 15.3. The van der Waals surface area contributed by atoms with E-state index in [1.807, 2.05) is 0 Å². The summed E-state index contributed by atoms with van der Waals surface area (Å²) >= 11 is 0. The minimum Gasteiger partial charge on any atom is -0.313 e. The van der Waals surface area contributed by atoms with Gasteiger partial charge in [0, 0.05) is 17.8 Å². The van der Waals surface area contributed by atoms with Gasteiger partial charge in [0.1, 0.15) is 0 Å². The van der Waals surface area contributed by atoms with E-state index >= 15 is 0 Å². The summed E-state index contributed by atoms with van der Waals surface area (Å²) in [6, 6.07) is 8.70. The minimum atomic E-state index is 0.865. The van der Waals surface area contributed by atoms with Gasteiger partial charge in [-0.25, -0.2) is 0 Å². The maximum atomic E-state index is 4.85. The molecule has 0 amide bonds. The van der Waals surface area contributed by atoms with Crippen molar-refractivity contribution in [1.29, 1.82) is 0 Å². The maximum Gasteiger partial charge on any atom is 0.0669 e. The van der Waals surface area contributed by atoms with Crippen molar-refractivity contribution in [3.8, 4) is 0 Å². The summed E-state index contributed by atoms with van der Waals surface area (Å²) in [5.74, 6) is 0. The summed E-state index contributed by atoms with van der Waals surface area (Å²) in [6.45, 7) is 11.5. The van der Waals surface area contributed by atoms with E-state index in [0.717, 1.165) is 32.5 Å². The van der Waals surface area contributed by atoms with Crippen molar-refractivity contribution in [3.05, 3.63) is 52.3 Å². The van der Waals surface area contributed by atoms with E-state index in [1.165, 1.54) is 28.1 Å². The highest BCUT2D eigenvalue weighted by Crippen LogP contribution is 2.18. The fourth-order valence-corrected chi connectivity index (χ4v) is 2.84. The van der Waals surface area contributed by atoms with Crippen LogP contribution < -0.4 is 5.32 Å². The van der Waals surface area contributed by atoms with E-state index in [4.69, 9.17) is 5.10 Å². The number of hydrogen-bond acceptors (Lipinski definition) is 2. The molecule has 0 bridgehead atoms. The van der Waals surface area contributed by atoms with Gasteiger partial charge in [0.2, 0.25) is 0 Å². The van der Waals surface area contributed by atoms with Crippen LogP contribution in [-0.4, -0.2) is 16.3 Å². The average molecular weight is 285 g/mol. The number of benzene rings is 1.